The Balaban J connectivity index is 1.68. The van der Waals surface area contributed by atoms with Crippen LogP contribution < -0.4 is 5.32 Å². The Kier molecular flexibility index (Phi) is 4.18. The van der Waals surface area contributed by atoms with Gasteiger partial charge in [0.15, 0.2) is 5.76 Å². The zero-order valence-electron chi connectivity index (χ0n) is 12.9. The third-order valence-electron chi connectivity index (χ3n) is 3.56. The van der Waals surface area contributed by atoms with E-state index in [1.807, 2.05) is 32.0 Å². The molecule has 2 heterocycles. The van der Waals surface area contributed by atoms with E-state index in [1.165, 1.54) is 0 Å². The minimum absolute atomic E-state index is 0.165. The number of hydrogen-bond acceptors (Lipinski definition) is 5. The third kappa shape index (κ3) is 3.28. The van der Waals surface area contributed by atoms with Gasteiger partial charge in [-0.1, -0.05) is 12.1 Å². The number of aryl methyl sites for hydroxylation is 1. The summed E-state index contributed by atoms with van der Waals surface area (Å²) in [6.45, 7) is 3.87. The molecule has 23 heavy (non-hydrogen) atoms. The third-order valence-corrected chi connectivity index (χ3v) is 3.56. The second kappa shape index (κ2) is 6.43. The maximum atomic E-state index is 12.3. The highest BCUT2D eigenvalue weighted by Crippen LogP contribution is 2.15. The lowest BCUT2D eigenvalue weighted by Gasteiger charge is -2.11. The summed E-state index contributed by atoms with van der Waals surface area (Å²) in [5, 5.41) is 14.3. The van der Waals surface area contributed by atoms with E-state index in [9.17, 15) is 4.79 Å². The van der Waals surface area contributed by atoms with Crippen molar-refractivity contribution in [2.24, 2.45) is 0 Å². The van der Waals surface area contributed by atoms with Gasteiger partial charge >= 0.3 is 0 Å². The molecule has 0 saturated heterocycles. The highest BCUT2D eigenvalue weighted by Gasteiger charge is 2.15. The SMILES string of the molecule is CCc1cc([C@@H](C)NC(=O)c2ccc(-n3cnnc3)cc2)on1. The fourth-order valence-corrected chi connectivity index (χ4v) is 2.17. The van der Waals surface area contributed by atoms with E-state index in [0.29, 0.717) is 11.3 Å². The van der Waals surface area contributed by atoms with Gasteiger partial charge in [-0.3, -0.25) is 9.36 Å². The number of nitrogens with one attached hydrogen (secondary N) is 1. The minimum Gasteiger partial charge on any atom is -0.359 e. The molecule has 0 aliphatic heterocycles. The predicted molar refractivity (Wildman–Crippen MR) is 83.1 cm³/mol. The van der Waals surface area contributed by atoms with Crippen LogP contribution in [0.4, 0.5) is 0 Å². The van der Waals surface area contributed by atoms with Gasteiger partial charge < -0.3 is 9.84 Å². The zero-order valence-corrected chi connectivity index (χ0v) is 12.9. The van der Waals surface area contributed by atoms with Gasteiger partial charge in [-0.15, -0.1) is 10.2 Å². The summed E-state index contributed by atoms with van der Waals surface area (Å²) in [4.78, 5) is 12.3. The molecule has 118 valence electrons. The lowest BCUT2D eigenvalue weighted by atomic mass is 10.1. The summed E-state index contributed by atoms with van der Waals surface area (Å²) >= 11 is 0. The van der Waals surface area contributed by atoms with Gasteiger partial charge in [0.2, 0.25) is 0 Å². The lowest BCUT2D eigenvalue weighted by Crippen LogP contribution is -2.26. The second-order valence-electron chi connectivity index (χ2n) is 5.19. The first-order chi connectivity index (χ1) is 11.2. The Labute approximate surface area is 133 Å². The van der Waals surface area contributed by atoms with Crippen molar-refractivity contribution in [1.82, 2.24) is 25.2 Å². The fourth-order valence-electron chi connectivity index (χ4n) is 2.17. The van der Waals surface area contributed by atoms with Gasteiger partial charge in [-0.05, 0) is 37.6 Å². The van der Waals surface area contributed by atoms with Crippen molar-refractivity contribution in [2.75, 3.05) is 0 Å². The topological polar surface area (TPSA) is 85.8 Å². The number of nitrogens with zero attached hydrogens (tertiary/aromatic N) is 4. The molecule has 3 aromatic rings. The normalized spacial score (nSPS) is 12.1. The summed E-state index contributed by atoms with van der Waals surface area (Å²) in [7, 11) is 0. The van der Waals surface area contributed by atoms with E-state index in [4.69, 9.17) is 4.52 Å². The molecule has 7 heteroatoms. The van der Waals surface area contributed by atoms with Gasteiger partial charge in [0.1, 0.15) is 12.7 Å². The summed E-state index contributed by atoms with van der Waals surface area (Å²) in [6, 6.07) is 8.82. The van der Waals surface area contributed by atoms with Crippen molar-refractivity contribution in [3.63, 3.8) is 0 Å². The molecule has 0 aliphatic carbocycles. The number of aromatic nitrogens is 4. The highest BCUT2D eigenvalue weighted by molar-refractivity contribution is 5.94. The van der Waals surface area contributed by atoms with E-state index < -0.39 is 0 Å². The minimum atomic E-state index is -0.243. The smallest absolute Gasteiger partial charge is 0.251 e. The van der Waals surface area contributed by atoms with Gasteiger partial charge in [0.05, 0.1) is 11.7 Å². The van der Waals surface area contributed by atoms with E-state index >= 15 is 0 Å². The van der Waals surface area contributed by atoms with Crippen LogP contribution >= 0.6 is 0 Å². The molecule has 0 fully saturated rings. The fraction of sp³-hybridized carbons (Fsp3) is 0.250. The molecule has 0 saturated carbocycles. The van der Waals surface area contributed by atoms with Crippen molar-refractivity contribution >= 4 is 5.91 Å². The average Bonchev–Trinajstić information content (AvgIpc) is 3.26. The maximum absolute atomic E-state index is 12.3. The molecule has 0 radical (unpaired) electrons. The molecule has 7 nitrogen and oxygen atoms in total. The van der Waals surface area contributed by atoms with Crippen molar-refractivity contribution in [2.45, 2.75) is 26.3 Å². The monoisotopic (exact) mass is 311 g/mol. The number of amides is 1. The van der Waals surface area contributed by atoms with E-state index in [-0.39, 0.29) is 11.9 Å². The van der Waals surface area contributed by atoms with E-state index in [1.54, 1.807) is 29.4 Å². The van der Waals surface area contributed by atoms with Crippen molar-refractivity contribution in [3.8, 4) is 5.69 Å². The standard InChI is InChI=1S/C16H17N5O2/c1-3-13-8-15(23-20-13)11(2)19-16(22)12-4-6-14(7-5-12)21-9-17-18-10-21/h4-11H,3H2,1-2H3,(H,19,22)/t11-/m1/s1. The molecule has 1 aromatic carbocycles. The average molecular weight is 311 g/mol. The second-order valence-corrected chi connectivity index (χ2v) is 5.19. The Morgan fingerprint density at radius 1 is 1.26 bits per heavy atom. The van der Waals surface area contributed by atoms with Crippen molar-refractivity contribution in [1.29, 1.82) is 0 Å². The van der Waals surface area contributed by atoms with Crippen LogP contribution in [0.3, 0.4) is 0 Å². The van der Waals surface area contributed by atoms with Crippen LogP contribution in [0.2, 0.25) is 0 Å². The molecular formula is C16H17N5O2. The summed E-state index contributed by atoms with van der Waals surface area (Å²) in [5.41, 5.74) is 2.34. The van der Waals surface area contributed by atoms with Crippen LogP contribution in [0.25, 0.3) is 5.69 Å². The molecule has 1 amide bonds. The number of rotatable bonds is 5. The van der Waals surface area contributed by atoms with Crippen LogP contribution in [0.15, 0.2) is 47.5 Å². The van der Waals surface area contributed by atoms with Gasteiger partial charge in [0.25, 0.3) is 5.91 Å². The molecule has 0 spiro atoms. The Bertz CT molecular complexity index is 777. The number of carbonyl (C=O) groups is 1. The zero-order chi connectivity index (χ0) is 16.2. The number of hydrogen-bond donors (Lipinski definition) is 1. The van der Waals surface area contributed by atoms with Gasteiger partial charge in [-0.2, -0.15) is 0 Å². The summed E-state index contributed by atoms with van der Waals surface area (Å²) in [5.74, 6) is 0.485. The predicted octanol–water partition coefficient (Wildman–Crippen LogP) is 2.31. The van der Waals surface area contributed by atoms with Crippen molar-refractivity contribution < 1.29 is 9.32 Å². The molecule has 1 N–H and O–H groups in total. The quantitative estimate of drug-likeness (QED) is 0.781. The van der Waals surface area contributed by atoms with Crippen LogP contribution in [-0.4, -0.2) is 25.8 Å². The summed E-state index contributed by atoms with van der Waals surface area (Å²) < 4.78 is 7.01. The molecule has 2 aromatic heterocycles. The highest BCUT2D eigenvalue weighted by atomic mass is 16.5. The van der Waals surface area contributed by atoms with Crippen LogP contribution in [0, 0.1) is 0 Å². The van der Waals surface area contributed by atoms with E-state index in [2.05, 4.69) is 20.7 Å². The molecule has 0 unspecified atom stereocenters. The van der Waals surface area contributed by atoms with Crippen LogP contribution in [-0.2, 0) is 6.42 Å². The van der Waals surface area contributed by atoms with Gasteiger partial charge in [-0.25, -0.2) is 0 Å². The maximum Gasteiger partial charge on any atom is 0.251 e. The molecule has 1 atom stereocenters. The largest absolute Gasteiger partial charge is 0.359 e. The Hall–Kier alpha value is -2.96. The lowest BCUT2D eigenvalue weighted by molar-refractivity contribution is 0.0934. The Morgan fingerprint density at radius 3 is 2.57 bits per heavy atom. The first-order valence-corrected chi connectivity index (χ1v) is 7.38. The molecule has 0 bridgehead atoms. The Morgan fingerprint density at radius 2 is 1.96 bits per heavy atom. The van der Waals surface area contributed by atoms with Crippen LogP contribution in [0.1, 0.15) is 41.7 Å². The van der Waals surface area contributed by atoms with Crippen LogP contribution in [0.5, 0.6) is 0 Å². The van der Waals surface area contributed by atoms with Gasteiger partial charge in [0, 0.05) is 17.3 Å². The first-order valence-electron chi connectivity index (χ1n) is 7.38. The molecular weight excluding hydrogens is 294 g/mol. The molecule has 0 aliphatic rings. The summed E-state index contributed by atoms with van der Waals surface area (Å²) in [6.07, 6.45) is 4.01. The number of carbonyl (C=O) groups excluding carboxylic acids is 1. The van der Waals surface area contributed by atoms with E-state index in [0.717, 1.165) is 17.8 Å². The first kappa shape index (κ1) is 15.0. The molecule has 3 rings (SSSR count). The number of benzene rings is 1. The van der Waals surface area contributed by atoms with Crippen molar-refractivity contribution in [3.05, 3.63) is 60.0 Å².